The fourth-order valence-corrected chi connectivity index (χ4v) is 9.38. The van der Waals surface area contributed by atoms with Gasteiger partial charge in [-0.15, -0.1) is 0 Å². The molecule has 0 aliphatic rings. The summed E-state index contributed by atoms with van der Waals surface area (Å²) in [6.45, 7) is 0. The molecule has 0 amide bonds. The van der Waals surface area contributed by atoms with Gasteiger partial charge in [0.2, 0.25) is 0 Å². The van der Waals surface area contributed by atoms with Crippen LogP contribution in [0.2, 0.25) is 0 Å². The molecular weight excluding hydrogens is 689 g/mol. The summed E-state index contributed by atoms with van der Waals surface area (Å²) in [4.78, 5) is 0. The first-order valence-electron chi connectivity index (χ1n) is 19.5. The molecule has 0 aliphatic heterocycles. The predicted molar refractivity (Wildman–Crippen MR) is 241 cm³/mol. The molecule has 0 fully saturated rings. The van der Waals surface area contributed by atoms with Crippen molar-refractivity contribution >= 4 is 75.7 Å². The molecule has 12 aromatic rings. The third-order valence-electron chi connectivity index (χ3n) is 12.1. The predicted octanol–water partition coefficient (Wildman–Crippen LogP) is 14.9. The van der Waals surface area contributed by atoms with Crippen LogP contribution in [-0.2, 0) is 0 Å². The molecule has 0 saturated heterocycles. The third-order valence-corrected chi connectivity index (χ3v) is 12.1. The third kappa shape index (κ3) is 4.83. The Kier molecular flexibility index (Phi) is 6.73. The molecule has 0 aliphatic carbocycles. The number of fused-ring (bicyclic) bond motifs is 5. The highest BCUT2D eigenvalue weighted by atomic mass is 15.0. The SMILES string of the molecule is N#Cc1ccc2c(c1)c1cc(-c3ccc4cc(-c5ccc6ccc7c(-c8ccc9ccccc9c8)ccc8ccc5c6c87)ccc4c3)ccc1n2-c1ccccc1. The molecule has 262 valence electrons. The molecule has 0 spiro atoms. The number of nitriles is 1. The lowest BCUT2D eigenvalue weighted by Crippen LogP contribution is -1.93. The Balaban J connectivity index is 0.961. The van der Waals surface area contributed by atoms with Crippen molar-refractivity contribution in [3.8, 4) is 45.1 Å². The van der Waals surface area contributed by atoms with Crippen molar-refractivity contribution in [1.29, 1.82) is 5.26 Å². The van der Waals surface area contributed by atoms with Crippen LogP contribution in [0.3, 0.4) is 0 Å². The van der Waals surface area contributed by atoms with Crippen molar-refractivity contribution in [2.24, 2.45) is 0 Å². The first-order valence-corrected chi connectivity index (χ1v) is 19.5. The van der Waals surface area contributed by atoms with E-state index in [1.165, 1.54) is 81.7 Å². The molecule has 1 heterocycles. The maximum Gasteiger partial charge on any atom is 0.0991 e. The van der Waals surface area contributed by atoms with Crippen LogP contribution in [-0.4, -0.2) is 4.57 Å². The van der Waals surface area contributed by atoms with Crippen LogP contribution in [0, 0.1) is 11.3 Å². The van der Waals surface area contributed by atoms with Crippen molar-refractivity contribution in [1.82, 2.24) is 4.57 Å². The van der Waals surface area contributed by atoms with Gasteiger partial charge in [-0.25, -0.2) is 0 Å². The van der Waals surface area contributed by atoms with Gasteiger partial charge in [0.1, 0.15) is 0 Å². The van der Waals surface area contributed by atoms with E-state index in [0.29, 0.717) is 5.56 Å². The van der Waals surface area contributed by atoms with Crippen LogP contribution >= 0.6 is 0 Å². The summed E-state index contributed by atoms with van der Waals surface area (Å²) in [6.07, 6.45) is 0. The second-order valence-corrected chi connectivity index (χ2v) is 15.2. The van der Waals surface area contributed by atoms with E-state index in [0.717, 1.165) is 33.1 Å². The Labute approximate surface area is 329 Å². The first-order chi connectivity index (χ1) is 28.2. The Hall–Kier alpha value is -7.73. The van der Waals surface area contributed by atoms with Crippen LogP contribution in [0.25, 0.3) is 115 Å². The van der Waals surface area contributed by atoms with Gasteiger partial charge in [-0.3, -0.25) is 0 Å². The van der Waals surface area contributed by atoms with E-state index in [-0.39, 0.29) is 0 Å². The fraction of sp³-hybridized carbons (Fsp3) is 0. The van der Waals surface area contributed by atoms with Gasteiger partial charge in [0.15, 0.2) is 0 Å². The first kappa shape index (κ1) is 31.6. The zero-order valence-electron chi connectivity index (χ0n) is 30.9. The molecule has 12 rings (SSSR count). The topological polar surface area (TPSA) is 28.7 Å². The number of nitrogens with zero attached hydrogens (tertiary/aromatic N) is 2. The number of benzene rings is 11. The second kappa shape index (κ2) is 12.1. The largest absolute Gasteiger partial charge is 0.309 e. The summed E-state index contributed by atoms with van der Waals surface area (Å²) >= 11 is 0. The van der Waals surface area contributed by atoms with Gasteiger partial charge < -0.3 is 4.57 Å². The van der Waals surface area contributed by atoms with E-state index >= 15 is 0 Å². The zero-order chi connectivity index (χ0) is 37.6. The van der Waals surface area contributed by atoms with Crippen molar-refractivity contribution in [2.45, 2.75) is 0 Å². The van der Waals surface area contributed by atoms with Crippen LogP contribution in [0.5, 0.6) is 0 Å². The number of aromatic nitrogens is 1. The summed E-state index contributed by atoms with van der Waals surface area (Å²) < 4.78 is 2.29. The average Bonchev–Trinajstić information content (AvgIpc) is 3.60. The number of hydrogen-bond acceptors (Lipinski definition) is 1. The highest BCUT2D eigenvalue weighted by molar-refractivity contribution is 6.27. The van der Waals surface area contributed by atoms with Crippen LogP contribution < -0.4 is 0 Å². The maximum atomic E-state index is 9.75. The highest BCUT2D eigenvalue weighted by Gasteiger charge is 2.17. The van der Waals surface area contributed by atoms with Crippen molar-refractivity contribution in [3.05, 3.63) is 200 Å². The Morgan fingerprint density at radius 2 is 0.807 bits per heavy atom. The minimum Gasteiger partial charge on any atom is -0.309 e. The summed E-state index contributed by atoms with van der Waals surface area (Å²) in [5, 5.41) is 24.7. The lowest BCUT2D eigenvalue weighted by atomic mass is 9.86. The number of hydrogen-bond donors (Lipinski definition) is 0. The zero-order valence-corrected chi connectivity index (χ0v) is 30.9. The van der Waals surface area contributed by atoms with E-state index < -0.39 is 0 Å². The van der Waals surface area contributed by atoms with Gasteiger partial charge in [-0.1, -0.05) is 133 Å². The Morgan fingerprint density at radius 3 is 1.47 bits per heavy atom. The molecular formula is C55H32N2. The van der Waals surface area contributed by atoms with E-state index in [1.807, 2.05) is 18.2 Å². The minimum atomic E-state index is 0.664. The van der Waals surface area contributed by atoms with Crippen LogP contribution in [0.15, 0.2) is 194 Å². The van der Waals surface area contributed by atoms with E-state index in [1.54, 1.807) is 0 Å². The van der Waals surface area contributed by atoms with Crippen LogP contribution in [0.1, 0.15) is 5.56 Å². The Morgan fingerprint density at radius 1 is 0.333 bits per heavy atom. The molecule has 0 bridgehead atoms. The molecule has 57 heavy (non-hydrogen) atoms. The summed E-state index contributed by atoms with van der Waals surface area (Å²) in [5.41, 5.74) is 11.3. The van der Waals surface area contributed by atoms with Crippen molar-refractivity contribution in [3.63, 3.8) is 0 Å². The van der Waals surface area contributed by atoms with Gasteiger partial charge in [-0.05, 0) is 148 Å². The molecule has 2 heteroatoms. The summed E-state index contributed by atoms with van der Waals surface area (Å²) in [5.74, 6) is 0. The number of rotatable bonds is 4. The lowest BCUT2D eigenvalue weighted by Gasteiger charge is -2.17. The molecule has 1 aromatic heterocycles. The van der Waals surface area contributed by atoms with Crippen molar-refractivity contribution < 1.29 is 0 Å². The maximum absolute atomic E-state index is 9.75. The quantitative estimate of drug-likeness (QED) is 0.166. The average molecular weight is 721 g/mol. The van der Waals surface area contributed by atoms with Gasteiger partial charge in [0.25, 0.3) is 0 Å². The van der Waals surface area contributed by atoms with Crippen LogP contribution in [0.4, 0.5) is 0 Å². The van der Waals surface area contributed by atoms with Gasteiger partial charge >= 0.3 is 0 Å². The fourth-order valence-electron chi connectivity index (χ4n) is 9.38. The highest BCUT2D eigenvalue weighted by Crippen LogP contribution is 2.43. The smallest absolute Gasteiger partial charge is 0.0991 e. The lowest BCUT2D eigenvalue weighted by molar-refractivity contribution is 1.18. The summed E-state index contributed by atoms with van der Waals surface area (Å²) in [7, 11) is 0. The number of para-hydroxylation sites is 1. The minimum absolute atomic E-state index is 0.664. The standard InChI is InChI=1S/C55H32N2/c56-33-34-10-26-52-50(28-34)51-32-42(21-27-53(51)57(52)45-8-2-1-3-9-45)40-12-13-41-31-44(16-14-39(41)29-40)47-23-18-37-19-24-48-46(22-17-36-20-25-49(47)55(37)54(36)48)43-15-11-35-6-4-5-7-38(35)30-43/h1-32H. The van der Waals surface area contributed by atoms with E-state index in [4.69, 9.17) is 0 Å². The monoisotopic (exact) mass is 720 g/mol. The molecule has 0 radical (unpaired) electrons. The normalized spacial score (nSPS) is 11.8. The van der Waals surface area contributed by atoms with E-state index in [2.05, 4.69) is 187 Å². The van der Waals surface area contributed by atoms with E-state index in [9.17, 15) is 5.26 Å². The van der Waals surface area contributed by atoms with Gasteiger partial charge in [0, 0.05) is 16.5 Å². The molecule has 0 atom stereocenters. The molecule has 0 saturated carbocycles. The second-order valence-electron chi connectivity index (χ2n) is 15.2. The van der Waals surface area contributed by atoms with Gasteiger partial charge in [-0.2, -0.15) is 5.26 Å². The Bertz CT molecular complexity index is 3640. The van der Waals surface area contributed by atoms with Crippen molar-refractivity contribution in [2.75, 3.05) is 0 Å². The molecule has 0 unspecified atom stereocenters. The van der Waals surface area contributed by atoms with Gasteiger partial charge in [0.05, 0.1) is 22.7 Å². The summed E-state index contributed by atoms with van der Waals surface area (Å²) in [6, 6.07) is 72.9. The molecule has 0 N–H and O–H groups in total. The molecule has 2 nitrogen and oxygen atoms in total. The molecule has 11 aromatic carbocycles.